The Bertz CT molecular complexity index is 364. The van der Waals surface area contributed by atoms with Gasteiger partial charge in [0.15, 0.2) is 0 Å². The summed E-state index contributed by atoms with van der Waals surface area (Å²) >= 11 is 0. The van der Waals surface area contributed by atoms with E-state index >= 15 is 0 Å². The van der Waals surface area contributed by atoms with Crippen LogP contribution in [0.2, 0.25) is 0 Å². The molecule has 0 aromatic heterocycles. The monoisotopic (exact) mass is 233 g/mol. The van der Waals surface area contributed by atoms with Gasteiger partial charge in [-0.2, -0.15) is 0 Å². The number of rotatable bonds is 4. The number of aliphatic hydroxyl groups excluding tert-OH is 1. The zero-order chi connectivity index (χ0) is 12.1. The highest BCUT2D eigenvalue weighted by Crippen LogP contribution is 2.28. The Labute approximate surface area is 102 Å². The molecule has 0 spiro atoms. The molecule has 0 heterocycles. The number of hydrogen-bond acceptors (Lipinski definition) is 2. The lowest BCUT2D eigenvalue weighted by Crippen LogP contribution is -2.39. The predicted molar refractivity (Wildman–Crippen MR) is 66.5 cm³/mol. The Hall–Kier alpha value is -1.35. The largest absolute Gasteiger partial charge is 0.387 e. The summed E-state index contributed by atoms with van der Waals surface area (Å²) in [4.78, 5) is 11.2. The highest BCUT2D eigenvalue weighted by molar-refractivity contribution is 5.77. The van der Waals surface area contributed by atoms with Crippen molar-refractivity contribution in [2.45, 2.75) is 31.7 Å². The highest BCUT2D eigenvalue weighted by Gasteiger charge is 2.28. The van der Waals surface area contributed by atoms with Crippen LogP contribution in [-0.4, -0.2) is 23.7 Å². The van der Waals surface area contributed by atoms with Crippen LogP contribution in [0, 0.1) is 5.92 Å². The summed E-state index contributed by atoms with van der Waals surface area (Å²) in [6, 6.07) is 10.6. The average molecular weight is 233 g/mol. The minimum atomic E-state index is -0.408. The van der Waals surface area contributed by atoms with E-state index in [0.717, 1.165) is 25.7 Å². The lowest BCUT2D eigenvalue weighted by molar-refractivity contribution is -0.124. The van der Waals surface area contributed by atoms with Gasteiger partial charge in [0.25, 0.3) is 0 Å². The van der Waals surface area contributed by atoms with E-state index in [0.29, 0.717) is 5.92 Å². The Kier molecular flexibility index (Phi) is 4.15. The fraction of sp³-hybridized carbons (Fsp3) is 0.500. The van der Waals surface area contributed by atoms with Crippen molar-refractivity contribution >= 4 is 5.91 Å². The Morgan fingerprint density at radius 1 is 1.29 bits per heavy atom. The molecule has 17 heavy (non-hydrogen) atoms. The van der Waals surface area contributed by atoms with E-state index in [-0.39, 0.29) is 11.9 Å². The minimum absolute atomic E-state index is 0.231. The molecule has 0 bridgehead atoms. The summed E-state index contributed by atoms with van der Waals surface area (Å²) < 4.78 is 0. The maximum absolute atomic E-state index is 11.2. The van der Waals surface area contributed by atoms with Crippen LogP contribution in [0.1, 0.15) is 24.8 Å². The Morgan fingerprint density at radius 2 is 2.06 bits per heavy atom. The molecule has 0 saturated heterocycles. The second-order valence-corrected chi connectivity index (χ2v) is 4.71. The van der Waals surface area contributed by atoms with Crippen molar-refractivity contribution in [3.63, 3.8) is 0 Å². The van der Waals surface area contributed by atoms with E-state index < -0.39 is 6.61 Å². The molecule has 2 N–H and O–H groups in total. The van der Waals surface area contributed by atoms with Gasteiger partial charge in [-0.15, -0.1) is 0 Å². The summed E-state index contributed by atoms with van der Waals surface area (Å²) in [5, 5.41) is 11.7. The molecule has 0 radical (unpaired) electrons. The van der Waals surface area contributed by atoms with Crippen LogP contribution in [-0.2, 0) is 11.2 Å². The first-order valence-corrected chi connectivity index (χ1v) is 6.23. The maximum Gasteiger partial charge on any atom is 0.245 e. The average Bonchev–Trinajstić information content (AvgIpc) is 2.78. The first-order chi connectivity index (χ1) is 8.29. The third kappa shape index (κ3) is 3.30. The summed E-state index contributed by atoms with van der Waals surface area (Å²) in [5.74, 6) is 0.253. The van der Waals surface area contributed by atoms with Gasteiger partial charge in [-0.3, -0.25) is 4.79 Å². The molecule has 1 aliphatic carbocycles. The summed E-state index contributed by atoms with van der Waals surface area (Å²) in [5.41, 5.74) is 1.32. The van der Waals surface area contributed by atoms with Crippen LogP contribution < -0.4 is 5.32 Å². The van der Waals surface area contributed by atoms with Crippen LogP contribution in [0.25, 0.3) is 0 Å². The van der Waals surface area contributed by atoms with Gasteiger partial charge in [-0.1, -0.05) is 36.8 Å². The maximum atomic E-state index is 11.2. The number of carbonyl (C=O) groups excluding carboxylic acids is 1. The van der Waals surface area contributed by atoms with Gasteiger partial charge in [-0.05, 0) is 30.7 Å². The first kappa shape index (κ1) is 12.1. The molecule has 1 amide bonds. The van der Waals surface area contributed by atoms with E-state index in [4.69, 9.17) is 5.11 Å². The molecule has 2 atom stereocenters. The van der Waals surface area contributed by atoms with Crippen LogP contribution >= 0.6 is 0 Å². The molecule has 2 rings (SSSR count). The molecule has 1 saturated carbocycles. The lowest BCUT2D eigenvalue weighted by atomic mass is 9.94. The topological polar surface area (TPSA) is 49.3 Å². The molecule has 0 unspecified atom stereocenters. The van der Waals surface area contributed by atoms with Crippen LogP contribution in [0.4, 0.5) is 0 Å². The summed E-state index contributed by atoms with van der Waals surface area (Å²) in [6.45, 7) is -0.408. The first-order valence-electron chi connectivity index (χ1n) is 6.23. The van der Waals surface area contributed by atoms with Gasteiger partial charge < -0.3 is 10.4 Å². The van der Waals surface area contributed by atoms with Crippen molar-refractivity contribution in [1.29, 1.82) is 0 Å². The van der Waals surface area contributed by atoms with Gasteiger partial charge in [-0.25, -0.2) is 0 Å². The van der Waals surface area contributed by atoms with Crippen molar-refractivity contribution in [1.82, 2.24) is 5.32 Å². The normalized spacial score (nSPS) is 23.6. The quantitative estimate of drug-likeness (QED) is 0.828. The van der Waals surface area contributed by atoms with Crippen LogP contribution in [0.5, 0.6) is 0 Å². The number of carbonyl (C=O) groups is 1. The number of aliphatic hydroxyl groups is 1. The van der Waals surface area contributed by atoms with Crippen molar-refractivity contribution in [2.24, 2.45) is 5.92 Å². The molecule has 3 heteroatoms. The molecule has 92 valence electrons. The van der Waals surface area contributed by atoms with E-state index in [1.807, 2.05) is 18.2 Å². The van der Waals surface area contributed by atoms with Crippen molar-refractivity contribution in [3.05, 3.63) is 35.9 Å². The second kappa shape index (κ2) is 5.82. The zero-order valence-electron chi connectivity index (χ0n) is 9.93. The summed E-state index contributed by atoms with van der Waals surface area (Å²) in [6.07, 6.45) is 4.36. The predicted octanol–water partition coefficient (Wildman–Crippen LogP) is 1.51. The molecule has 1 aromatic carbocycles. The fourth-order valence-electron chi connectivity index (χ4n) is 2.64. The lowest BCUT2D eigenvalue weighted by Gasteiger charge is -2.20. The molecule has 0 aliphatic heterocycles. The van der Waals surface area contributed by atoms with Crippen molar-refractivity contribution in [2.75, 3.05) is 6.61 Å². The summed E-state index contributed by atoms with van der Waals surface area (Å²) in [7, 11) is 0. The molecule has 1 fully saturated rings. The smallest absolute Gasteiger partial charge is 0.245 e. The van der Waals surface area contributed by atoms with Gasteiger partial charge in [0.1, 0.15) is 6.61 Å². The van der Waals surface area contributed by atoms with E-state index in [1.165, 1.54) is 5.56 Å². The van der Waals surface area contributed by atoms with Gasteiger partial charge in [0, 0.05) is 6.04 Å². The van der Waals surface area contributed by atoms with Gasteiger partial charge in [0.05, 0.1) is 0 Å². The second-order valence-electron chi connectivity index (χ2n) is 4.71. The third-order valence-electron chi connectivity index (χ3n) is 3.49. The molecular weight excluding hydrogens is 214 g/mol. The molecular formula is C14H19NO2. The number of amides is 1. The van der Waals surface area contributed by atoms with E-state index in [1.54, 1.807) is 0 Å². The van der Waals surface area contributed by atoms with E-state index in [9.17, 15) is 4.79 Å². The van der Waals surface area contributed by atoms with Crippen molar-refractivity contribution < 1.29 is 9.90 Å². The molecule has 1 aliphatic rings. The van der Waals surface area contributed by atoms with E-state index in [2.05, 4.69) is 17.4 Å². The van der Waals surface area contributed by atoms with Crippen LogP contribution in [0.3, 0.4) is 0 Å². The third-order valence-corrected chi connectivity index (χ3v) is 3.49. The standard InChI is InChI=1S/C14H19NO2/c16-10-14(17)15-13-8-4-7-12(13)9-11-5-2-1-3-6-11/h1-3,5-6,12-13,16H,4,7-10H2,(H,15,17)/t12-,13+/m1/s1. The number of benzene rings is 1. The Balaban J connectivity index is 1.93. The van der Waals surface area contributed by atoms with Gasteiger partial charge >= 0.3 is 0 Å². The number of nitrogens with one attached hydrogen (secondary N) is 1. The fourth-order valence-corrected chi connectivity index (χ4v) is 2.64. The van der Waals surface area contributed by atoms with Crippen molar-refractivity contribution in [3.8, 4) is 0 Å². The molecule has 1 aromatic rings. The minimum Gasteiger partial charge on any atom is -0.387 e. The number of hydrogen-bond donors (Lipinski definition) is 2. The SMILES string of the molecule is O=C(CO)N[C@H]1CCC[C@@H]1Cc1ccccc1. The Morgan fingerprint density at radius 3 is 2.76 bits per heavy atom. The van der Waals surface area contributed by atoms with Gasteiger partial charge in [0.2, 0.25) is 5.91 Å². The van der Waals surface area contributed by atoms with Crippen LogP contribution in [0.15, 0.2) is 30.3 Å². The zero-order valence-corrected chi connectivity index (χ0v) is 9.93. The molecule has 3 nitrogen and oxygen atoms in total. The highest BCUT2D eigenvalue weighted by atomic mass is 16.3.